The van der Waals surface area contributed by atoms with Crippen molar-refractivity contribution in [2.45, 2.75) is 39.2 Å². The third kappa shape index (κ3) is 6.04. The van der Waals surface area contributed by atoms with Crippen LogP contribution < -0.4 is 10.1 Å². The van der Waals surface area contributed by atoms with Crippen LogP contribution in [-0.4, -0.2) is 43.6 Å². The van der Waals surface area contributed by atoms with Gasteiger partial charge in [-0.2, -0.15) is 0 Å². The summed E-state index contributed by atoms with van der Waals surface area (Å²) in [5.41, 5.74) is 0.985. The fourth-order valence-electron chi connectivity index (χ4n) is 2.97. The molecule has 1 aromatic rings. The number of ether oxygens (including phenoxy) is 1. The minimum absolute atomic E-state index is 0. The maximum Gasteiger partial charge on any atom is 0.227 e. The minimum Gasteiger partial charge on any atom is -0.491 e. The van der Waals surface area contributed by atoms with E-state index in [1.54, 1.807) is 0 Å². The van der Waals surface area contributed by atoms with Gasteiger partial charge in [0.1, 0.15) is 5.75 Å². The molecule has 1 amide bonds. The molecule has 1 aliphatic rings. The molecule has 1 saturated heterocycles. The van der Waals surface area contributed by atoms with Crippen LogP contribution in [0.5, 0.6) is 5.75 Å². The number of nitrogens with one attached hydrogen (secondary N) is 1. The number of carbonyl (C=O) groups is 1. The quantitative estimate of drug-likeness (QED) is 0.865. The van der Waals surface area contributed by atoms with E-state index in [4.69, 9.17) is 4.74 Å². The molecule has 1 fully saturated rings. The maximum absolute atomic E-state index is 12.5. The number of hydrogen-bond donors (Lipinski definition) is 1. The highest BCUT2D eigenvalue weighted by Gasteiger charge is 2.23. The summed E-state index contributed by atoms with van der Waals surface area (Å²) in [5, 5.41) is 3.23. The Morgan fingerprint density at radius 3 is 2.57 bits per heavy atom. The van der Waals surface area contributed by atoms with Crippen molar-refractivity contribution in [2.75, 3.05) is 26.7 Å². The standard InChI is InChI=1S/C18H28N2O2.ClH/c1-14(2)22-17-7-5-4-6-16(17)12-18(21)20-10-8-15(9-11-20)13-19-3;/h4-7,14-15,19H,8-13H2,1-3H3;1H. The first-order valence-corrected chi connectivity index (χ1v) is 8.27. The molecule has 0 bridgehead atoms. The first-order valence-electron chi connectivity index (χ1n) is 8.27. The predicted molar refractivity (Wildman–Crippen MR) is 96.4 cm³/mol. The van der Waals surface area contributed by atoms with Crippen LogP contribution in [0.25, 0.3) is 0 Å². The molecule has 5 heteroatoms. The molecular formula is C18H29ClN2O2. The van der Waals surface area contributed by atoms with Crippen LogP contribution >= 0.6 is 12.4 Å². The second kappa shape index (κ2) is 9.78. The van der Waals surface area contributed by atoms with Gasteiger partial charge < -0.3 is 15.0 Å². The Bertz CT molecular complexity index is 486. The fourth-order valence-corrected chi connectivity index (χ4v) is 2.97. The third-order valence-corrected chi connectivity index (χ3v) is 4.14. The molecule has 0 aliphatic carbocycles. The number of carbonyl (C=O) groups excluding carboxylic acids is 1. The molecule has 1 aliphatic heterocycles. The van der Waals surface area contributed by atoms with E-state index in [0.29, 0.717) is 12.3 Å². The highest BCUT2D eigenvalue weighted by atomic mass is 35.5. The Kier molecular flexibility index (Phi) is 8.42. The molecule has 0 spiro atoms. The van der Waals surface area contributed by atoms with Gasteiger partial charge in [-0.05, 0) is 52.3 Å². The second-order valence-electron chi connectivity index (χ2n) is 6.33. The number of rotatable bonds is 6. The normalized spacial score (nSPS) is 15.4. The number of halogens is 1. The van der Waals surface area contributed by atoms with Crippen LogP contribution in [0, 0.1) is 5.92 Å². The van der Waals surface area contributed by atoms with Gasteiger partial charge in [0.25, 0.3) is 0 Å². The van der Waals surface area contributed by atoms with Gasteiger partial charge in [0.2, 0.25) is 5.91 Å². The second-order valence-corrected chi connectivity index (χ2v) is 6.33. The minimum atomic E-state index is 0. The van der Waals surface area contributed by atoms with Crippen molar-refractivity contribution >= 4 is 18.3 Å². The molecule has 1 heterocycles. The zero-order chi connectivity index (χ0) is 15.9. The highest BCUT2D eigenvalue weighted by molar-refractivity contribution is 5.85. The van der Waals surface area contributed by atoms with Gasteiger partial charge in [-0.3, -0.25) is 4.79 Å². The molecule has 23 heavy (non-hydrogen) atoms. The summed E-state index contributed by atoms with van der Waals surface area (Å²) in [6.45, 7) is 6.81. The lowest BCUT2D eigenvalue weighted by atomic mass is 9.96. The SMILES string of the molecule is CNCC1CCN(C(=O)Cc2ccccc2OC(C)C)CC1.Cl. The van der Waals surface area contributed by atoms with Crippen LogP contribution in [-0.2, 0) is 11.2 Å². The lowest BCUT2D eigenvalue weighted by molar-refractivity contribution is -0.131. The van der Waals surface area contributed by atoms with E-state index in [2.05, 4.69) is 5.32 Å². The van der Waals surface area contributed by atoms with Crippen LogP contribution in [0.2, 0.25) is 0 Å². The van der Waals surface area contributed by atoms with Gasteiger partial charge in [-0.25, -0.2) is 0 Å². The predicted octanol–water partition coefficient (Wildman–Crippen LogP) is 2.90. The van der Waals surface area contributed by atoms with Crippen LogP contribution in [0.4, 0.5) is 0 Å². The maximum atomic E-state index is 12.5. The van der Waals surface area contributed by atoms with Gasteiger partial charge in [-0.1, -0.05) is 18.2 Å². The molecule has 0 atom stereocenters. The summed E-state index contributed by atoms with van der Waals surface area (Å²) in [6.07, 6.45) is 2.74. The molecule has 1 aromatic carbocycles. The van der Waals surface area contributed by atoms with Crippen molar-refractivity contribution in [1.82, 2.24) is 10.2 Å². The molecule has 1 N–H and O–H groups in total. The average molecular weight is 341 g/mol. The van der Waals surface area contributed by atoms with Crippen molar-refractivity contribution < 1.29 is 9.53 Å². The number of hydrogen-bond acceptors (Lipinski definition) is 3. The molecule has 130 valence electrons. The van der Waals surface area contributed by atoms with Crippen LogP contribution in [0.3, 0.4) is 0 Å². The van der Waals surface area contributed by atoms with Crippen molar-refractivity contribution in [3.8, 4) is 5.75 Å². The van der Waals surface area contributed by atoms with Gasteiger partial charge in [0.05, 0.1) is 12.5 Å². The number of piperidine rings is 1. The smallest absolute Gasteiger partial charge is 0.227 e. The van der Waals surface area contributed by atoms with Crippen LogP contribution in [0.1, 0.15) is 32.3 Å². The molecule has 4 nitrogen and oxygen atoms in total. The largest absolute Gasteiger partial charge is 0.491 e. The van der Waals surface area contributed by atoms with Gasteiger partial charge >= 0.3 is 0 Å². The lowest BCUT2D eigenvalue weighted by Gasteiger charge is -2.32. The first kappa shape index (κ1) is 19.8. The summed E-state index contributed by atoms with van der Waals surface area (Å²) >= 11 is 0. The molecule has 2 rings (SSSR count). The van der Waals surface area contributed by atoms with E-state index in [1.165, 1.54) is 0 Å². The van der Waals surface area contributed by atoms with Crippen molar-refractivity contribution in [1.29, 1.82) is 0 Å². The van der Waals surface area contributed by atoms with E-state index < -0.39 is 0 Å². The number of nitrogens with zero attached hydrogens (tertiary/aromatic N) is 1. The average Bonchev–Trinajstić information content (AvgIpc) is 2.50. The Labute approximate surface area is 146 Å². The molecule has 0 unspecified atom stereocenters. The fraction of sp³-hybridized carbons (Fsp3) is 0.611. The van der Waals surface area contributed by atoms with E-state index in [-0.39, 0.29) is 24.4 Å². The number of benzene rings is 1. The Hall–Kier alpha value is -1.26. The molecule has 0 aromatic heterocycles. The zero-order valence-electron chi connectivity index (χ0n) is 14.4. The molecular weight excluding hydrogens is 312 g/mol. The van der Waals surface area contributed by atoms with E-state index >= 15 is 0 Å². The van der Waals surface area contributed by atoms with Crippen LogP contribution in [0.15, 0.2) is 24.3 Å². The van der Waals surface area contributed by atoms with E-state index in [0.717, 1.165) is 43.8 Å². The highest BCUT2D eigenvalue weighted by Crippen LogP contribution is 2.22. The van der Waals surface area contributed by atoms with Gasteiger partial charge in [0, 0.05) is 18.7 Å². The zero-order valence-corrected chi connectivity index (χ0v) is 15.2. The monoisotopic (exact) mass is 340 g/mol. The summed E-state index contributed by atoms with van der Waals surface area (Å²) < 4.78 is 5.80. The number of likely N-dealkylation sites (tertiary alicyclic amines) is 1. The molecule has 0 radical (unpaired) electrons. The van der Waals surface area contributed by atoms with Crippen molar-refractivity contribution in [2.24, 2.45) is 5.92 Å². The Balaban J connectivity index is 0.00000264. The number of amides is 1. The van der Waals surface area contributed by atoms with E-state index in [9.17, 15) is 4.79 Å². The lowest BCUT2D eigenvalue weighted by Crippen LogP contribution is -2.41. The Morgan fingerprint density at radius 1 is 1.30 bits per heavy atom. The summed E-state index contributed by atoms with van der Waals surface area (Å²) in [7, 11) is 1.99. The molecule has 0 saturated carbocycles. The summed E-state index contributed by atoms with van der Waals surface area (Å²) in [5.74, 6) is 1.74. The topological polar surface area (TPSA) is 41.6 Å². The summed E-state index contributed by atoms with van der Waals surface area (Å²) in [4.78, 5) is 14.5. The van der Waals surface area contributed by atoms with Crippen molar-refractivity contribution in [3.63, 3.8) is 0 Å². The number of para-hydroxylation sites is 1. The summed E-state index contributed by atoms with van der Waals surface area (Å²) in [6, 6.07) is 7.86. The van der Waals surface area contributed by atoms with Gasteiger partial charge in [-0.15, -0.1) is 12.4 Å². The van der Waals surface area contributed by atoms with Gasteiger partial charge in [0.15, 0.2) is 0 Å². The Morgan fingerprint density at radius 2 is 1.96 bits per heavy atom. The van der Waals surface area contributed by atoms with E-state index in [1.807, 2.05) is 50.1 Å². The first-order chi connectivity index (χ1) is 10.6. The van der Waals surface area contributed by atoms with Crippen molar-refractivity contribution in [3.05, 3.63) is 29.8 Å². The third-order valence-electron chi connectivity index (χ3n) is 4.14.